The minimum atomic E-state index is -0.943. The van der Waals surface area contributed by atoms with E-state index in [1.165, 1.54) is 12.3 Å². The van der Waals surface area contributed by atoms with Gasteiger partial charge in [-0.3, -0.25) is 9.59 Å². The van der Waals surface area contributed by atoms with Crippen LogP contribution in [-0.2, 0) is 26.8 Å². The molecule has 0 bridgehead atoms. The SMILES string of the molecule is C[C@@H](Oc1ccc(Cl)cc1Cl)C(=O)N[C@H](Cc1ccccc1)C(=O)N/N=C\c1cc(C(C)(C)C)c(O)c(C(C)(C)C)c1. The Bertz CT molecular complexity index is 1410. The summed E-state index contributed by atoms with van der Waals surface area (Å²) in [7, 11) is 0. The van der Waals surface area contributed by atoms with Gasteiger partial charge in [-0.25, -0.2) is 5.43 Å². The van der Waals surface area contributed by atoms with Gasteiger partial charge in [0.2, 0.25) is 0 Å². The molecule has 3 aromatic rings. The number of benzene rings is 3. The average Bonchev–Trinajstić information content (AvgIpc) is 2.89. The second-order valence-electron chi connectivity index (χ2n) is 12.3. The van der Waals surface area contributed by atoms with E-state index in [-0.39, 0.29) is 28.0 Å². The summed E-state index contributed by atoms with van der Waals surface area (Å²) in [4.78, 5) is 26.4. The fraction of sp³-hybridized carbons (Fsp3) is 0.364. The summed E-state index contributed by atoms with van der Waals surface area (Å²) in [6.45, 7) is 13.7. The number of phenolic OH excluding ortho intramolecular Hbond substituents is 1. The molecule has 3 aromatic carbocycles. The van der Waals surface area contributed by atoms with Crippen molar-refractivity contribution in [2.45, 2.75) is 77.9 Å². The average molecular weight is 613 g/mol. The number of ether oxygens (including phenoxy) is 1. The van der Waals surface area contributed by atoms with Crippen molar-refractivity contribution < 1.29 is 19.4 Å². The molecular formula is C33H39Cl2N3O4. The Morgan fingerprint density at radius 1 is 0.929 bits per heavy atom. The van der Waals surface area contributed by atoms with Gasteiger partial charge in [-0.15, -0.1) is 0 Å². The van der Waals surface area contributed by atoms with E-state index in [9.17, 15) is 14.7 Å². The summed E-state index contributed by atoms with van der Waals surface area (Å²) in [5.41, 5.74) is 5.11. The van der Waals surface area contributed by atoms with Gasteiger partial charge >= 0.3 is 0 Å². The molecule has 3 N–H and O–H groups in total. The van der Waals surface area contributed by atoms with Gasteiger partial charge in [-0.1, -0.05) is 95.1 Å². The molecule has 0 saturated carbocycles. The van der Waals surface area contributed by atoms with Crippen LogP contribution >= 0.6 is 23.2 Å². The predicted molar refractivity (Wildman–Crippen MR) is 170 cm³/mol. The second kappa shape index (κ2) is 13.6. The molecule has 2 atom stereocenters. The van der Waals surface area contributed by atoms with Gasteiger partial charge in [0.05, 0.1) is 11.2 Å². The normalized spacial score (nSPS) is 13.5. The number of aromatic hydroxyl groups is 1. The first-order valence-electron chi connectivity index (χ1n) is 13.7. The summed E-state index contributed by atoms with van der Waals surface area (Å²) in [5, 5.41) is 18.7. The van der Waals surface area contributed by atoms with E-state index in [2.05, 4.69) is 15.8 Å². The number of hydrazone groups is 1. The van der Waals surface area contributed by atoms with E-state index in [1.807, 2.05) is 84.0 Å². The van der Waals surface area contributed by atoms with Crippen LogP contribution in [0.4, 0.5) is 0 Å². The number of hydrogen-bond acceptors (Lipinski definition) is 5. The third-order valence-corrected chi connectivity index (χ3v) is 7.15. The summed E-state index contributed by atoms with van der Waals surface area (Å²) in [6, 6.07) is 16.9. The van der Waals surface area contributed by atoms with Crippen LogP contribution in [0.15, 0.2) is 65.8 Å². The van der Waals surface area contributed by atoms with Crippen LogP contribution in [0, 0.1) is 0 Å². The van der Waals surface area contributed by atoms with Crippen molar-refractivity contribution in [1.82, 2.24) is 10.7 Å². The van der Waals surface area contributed by atoms with E-state index in [0.29, 0.717) is 10.8 Å². The third-order valence-electron chi connectivity index (χ3n) is 6.62. The molecule has 0 aliphatic heterocycles. The number of amides is 2. The van der Waals surface area contributed by atoms with E-state index >= 15 is 0 Å². The first kappa shape index (κ1) is 33.0. The Labute approximate surface area is 258 Å². The van der Waals surface area contributed by atoms with Crippen LogP contribution in [0.25, 0.3) is 0 Å². The first-order valence-corrected chi connectivity index (χ1v) is 14.5. The molecule has 0 spiro atoms. The molecule has 7 nitrogen and oxygen atoms in total. The van der Waals surface area contributed by atoms with Gasteiger partial charge in [0.25, 0.3) is 11.8 Å². The van der Waals surface area contributed by atoms with Crippen molar-refractivity contribution in [3.8, 4) is 11.5 Å². The van der Waals surface area contributed by atoms with Gasteiger partial charge in [-0.2, -0.15) is 5.10 Å². The summed E-state index contributed by atoms with van der Waals surface area (Å²) in [6.07, 6.45) is 0.836. The lowest BCUT2D eigenvalue weighted by Gasteiger charge is -2.27. The zero-order valence-corrected chi connectivity index (χ0v) is 26.6. The quantitative estimate of drug-likeness (QED) is 0.180. The monoisotopic (exact) mass is 611 g/mol. The maximum absolute atomic E-state index is 13.3. The van der Waals surface area contributed by atoms with Crippen LogP contribution in [0.1, 0.15) is 70.7 Å². The third kappa shape index (κ3) is 8.97. The van der Waals surface area contributed by atoms with Gasteiger partial charge < -0.3 is 15.2 Å². The highest BCUT2D eigenvalue weighted by molar-refractivity contribution is 6.35. The van der Waals surface area contributed by atoms with Gasteiger partial charge in [-0.05, 0) is 59.2 Å². The molecular weight excluding hydrogens is 573 g/mol. The molecule has 2 amide bonds. The number of phenols is 1. The number of rotatable bonds is 9. The molecule has 3 rings (SSSR count). The Morgan fingerprint density at radius 2 is 1.52 bits per heavy atom. The van der Waals surface area contributed by atoms with Crippen molar-refractivity contribution in [3.05, 3.63) is 93.0 Å². The predicted octanol–water partition coefficient (Wildman–Crippen LogP) is 6.94. The summed E-state index contributed by atoms with van der Waals surface area (Å²) < 4.78 is 5.73. The Balaban J connectivity index is 1.80. The smallest absolute Gasteiger partial charge is 0.262 e. The van der Waals surface area contributed by atoms with Crippen LogP contribution in [0.2, 0.25) is 10.0 Å². The number of carbonyl (C=O) groups is 2. The molecule has 0 aliphatic rings. The number of hydrogen-bond donors (Lipinski definition) is 3. The number of halogens is 2. The Kier molecular flexibility index (Phi) is 10.7. The van der Waals surface area contributed by atoms with Crippen LogP contribution < -0.4 is 15.5 Å². The highest BCUT2D eigenvalue weighted by Crippen LogP contribution is 2.39. The summed E-state index contributed by atoms with van der Waals surface area (Å²) >= 11 is 12.1. The van der Waals surface area contributed by atoms with E-state index in [0.717, 1.165) is 22.3 Å². The van der Waals surface area contributed by atoms with E-state index in [4.69, 9.17) is 27.9 Å². The molecule has 42 heavy (non-hydrogen) atoms. The highest BCUT2D eigenvalue weighted by atomic mass is 35.5. The van der Waals surface area contributed by atoms with Crippen molar-refractivity contribution in [2.75, 3.05) is 0 Å². The molecule has 9 heteroatoms. The minimum Gasteiger partial charge on any atom is -0.507 e. The number of nitrogens with zero attached hydrogens (tertiary/aromatic N) is 1. The lowest BCUT2D eigenvalue weighted by Crippen LogP contribution is -2.50. The van der Waals surface area contributed by atoms with Crippen LogP contribution in [0.5, 0.6) is 11.5 Å². The van der Waals surface area contributed by atoms with E-state index < -0.39 is 24.0 Å². The molecule has 0 fully saturated rings. The molecule has 0 aromatic heterocycles. The molecule has 224 valence electrons. The zero-order valence-electron chi connectivity index (χ0n) is 25.1. The number of nitrogens with one attached hydrogen (secondary N) is 2. The van der Waals surface area contributed by atoms with Crippen molar-refractivity contribution in [3.63, 3.8) is 0 Å². The van der Waals surface area contributed by atoms with Crippen LogP contribution in [-0.4, -0.2) is 35.3 Å². The van der Waals surface area contributed by atoms with Crippen molar-refractivity contribution in [1.29, 1.82) is 0 Å². The van der Waals surface area contributed by atoms with E-state index in [1.54, 1.807) is 19.1 Å². The zero-order chi connectivity index (χ0) is 31.2. The lowest BCUT2D eigenvalue weighted by molar-refractivity contribution is -0.132. The molecule has 0 heterocycles. The van der Waals surface area contributed by atoms with Gasteiger partial charge in [0.15, 0.2) is 6.10 Å². The maximum Gasteiger partial charge on any atom is 0.262 e. The minimum absolute atomic E-state index is 0.240. The summed E-state index contributed by atoms with van der Waals surface area (Å²) in [5.74, 6) is -0.427. The molecule has 0 unspecified atom stereocenters. The lowest BCUT2D eigenvalue weighted by atomic mass is 9.78. The fourth-order valence-corrected chi connectivity index (χ4v) is 4.74. The Morgan fingerprint density at radius 3 is 2.07 bits per heavy atom. The molecule has 0 radical (unpaired) electrons. The van der Waals surface area contributed by atoms with Gasteiger partial charge in [0.1, 0.15) is 17.5 Å². The number of carbonyl (C=O) groups excluding carboxylic acids is 2. The first-order chi connectivity index (χ1) is 19.6. The molecule has 0 saturated heterocycles. The van der Waals surface area contributed by atoms with Crippen molar-refractivity contribution >= 4 is 41.2 Å². The second-order valence-corrected chi connectivity index (χ2v) is 13.1. The standard InChI is InChI=1S/C33H39Cl2N3O4/c1-20(42-28-14-13-23(34)18-26(28)35)30(40)37-27(17-21-11-9-8-10-12-21)31(41)38-36-19-22-15-24(32(2,3)4)29(39)25(16-22)33(5,6)7/h8-16,18-20,27,39H,17H2,1-7H3,(H,37,40)(H,38,41)/b36-19-/t20-,27-/m1/s1. The highest BCUT2D eigenvalue weighted by Gasteiger charge is 2.27. The topological polar surface area (TPSA) is 100 Å². The fourth-order valence-electron chi connectivity index (χ4n) is 4.29. The molecule has 0 aliphatic carbocycles. The maximum atomic E-state index is 13.3. The van der Waals surface area contributed by atoms with Crippen molar-refractivity contribution in [2.24, 2.45) is 5.10 Å². The Hall–Kier alpha value is -3.55. The van der Waals surface area contributed by atoms with Gasteiger partial charge in [0, 0.05) is 22.6 Å². The largest absolute Gasteiger partial charge is 0.507 e. The van der Waals surface area contributed by atoms with Crippen LogP contribution in [0.3, 0.4) is 0 Å².